The zero-order valence-corrected chi connectivity index (χ0v) is 11.5. The minimum atomic E-state index is 0.709. The second kappa shape index (κ2) is 4.08. The van der Waals surface area contributed by atoms with Crippen LogP contribution in [-0.4, -0.2) is 19.7 Å². The van der Waals surface area contributed by atoms with Crippen LogP contribution >= 0.6 is 11.6 Å². The highest BCUT2D eigenvalue weighted by Gasteiger charge is 2.13. The molecule has 0 saturated carbocycles. The molecule has 20 heavy (non-hydrogen) atoms. The number of fused-ring (bicyclic) bond motifs is 2. The molecule has 3 heterocycles. The molecule has 0 amide bonds. The Morgan fingerprint density at radius 2 is 2.05 bits per heavy atom. The van der Waals surface area contributed by atoms with Crippen LogP contribution in [-0.2, 0) is 7.05 Å². The van der Waals surface area contributed by atoms with E-state index < -0.39 is 0 Å². The number of pyridine rings is 1. The van der Waals surface area contributed by atoms with Crippen LogP contribution in [0.25, 0.3) is 33.3 Å². The third kappa shape index (κ3) is 1.62. The SMILES string of the molecule is Cn1nc2ccc(Cl)cc2c1-c1cc2ncccc2[nH]1. The van der Waals surface area contributed by atoms with E-state index in [4.69, 9.17) is 11.6 Å². The number of halogens is 1. The number of aromatic amines is 1. The lowest BCUT2D eigenvalue weighted by Crippen LogP contribution is -1.93. The van der Waals surface area contributed by atoms with Crippen molar-refractivity contribution < 1.29 is 0 Å². The molecule has 4 aromatic rings. The Bertz CT molecular complexity index is 903. The molecular formula is C15H11ClN4. The third-order valence-electron chi connectivity index (χ3n) is 3.44. The Balaban J connectivity index is 2.05. The van der Waals surface area contributed by atoms with Gasteiger partial charge in [-0.15, -0.1) is 0 Å². The molecule has 98 valence electrons. The van der Waals surface area contributed by atoms with Gasteiger partial charge in [0.2, 0.25) is 0 Å². The summed E-state index contributed by atoms with van der Waals surface area (Å²) in [6, 6.07) is 11.7. The van der Waals surface area contributed by atoms with E-state index in [0.717, 1.165) is 33.3 Å². The molecule has 4 nitrogen and oxygen atoms in total. The first kappa shape index (κ1) is 11.5. The van der Waals surface area contributed by atoms with Gasteiger partial charge in [0.05, 0.1) is 27.9 Å². The zero-order valence-electron chi connectivity index (χ0n) is 10.8. The fourth-order valence-electron chi connectivity index (χ4n) is 2.57. The molecule has 5 heteroatoms. The number of rotatable bonds is 1. The van der Waals surface area contributed by atoms with Gasteiger partial charge in [0, 0.05) is 23.7 Å². The minimum Gasteiger partial charge on any atom is -0.352 e. The Morgan fingerprint density at radius 1 is 1.15 bits per heavy atom. The molecule has 0 unspecified atom stereocenters. The van der Waals surface area contributed by atoms with Gasteiger partial charge in [0.1, 0.15) is 0 Å². The summed E-state index contributed by atoms with van der Waals surface area (Å²) in [6.45, 7) is 0. The molecule has 1 aromatic carbocycles. The van der Waals surface area contributed by atoms with Crippen molar-refractivity contribution in [1.82, 2.24) is 19.7 Å². The van der Waals surface area contributed by atoms with Crippen LogP contribution < -0.4 is 0 Å². The second-order valence-corrected chi connectivity index (χ2v) is 5.19. The van der Waals surface area contributed by atoms with Gasteiger partial charge in [0.25, 0.3) is 0 Å². The number of benzene rings is 1. The summed E-state index contributed by atoms with van der Waals surface area (Å²) < 4.78 is 1.87. The summed E-state index contributed by atoms with van der Waals surface area (Å²) in [4.78, 5) is 7.74. The number of nitrogens with one attached hydrogen (secondary N) is 1. The molecule has 0 fully saturated rings. The number of hydrogen-bond donors (Lipinski definition) is 1. The van der Waals surface area contributed by atoms with Gasteiger partial charge >= 0.3 is 0 Å². The maximum atomic E-state index is 6.11. The molecule has 1 N–H and O–H groups in total. The predicted octanol–water partition coefficient (Wildman–Crippen LogP) is 3.77. The van der Waals surface area contributed by atoms with Crippen LogP contribution in [0.4, 0.5) is 0 Å². The van der Waals surface area contributed by atoms with Gasteiger partial charge in [-0.1, -0.05) is 11.6 Å². The monoisotopic (exact) mass is 282 g/mol. The number of hydrogen-bond acceptors (Lipinski definition) is 2. The van der Waals surface area contributed by atoms with E-state index in [2.05, 4.69) is 15.1 Å². The van der Waals surface area contributed by atoms with Crippen LogP contribution in [0.15, 0.2) is 42.6 Å². The molecule has 0 radical (unpaired) electrons. The highest BCUT2D eigenvalue weighted by atomic mass is 35.5. The molecule has 4 rings (SSSR count). The average molecular weight is 283 g/mol. The smallest absolute Gasteiger partial charge is 0.0931 e. The van der Waals surface area contributed by atoms with E-state index in [9.17, 15) is 0 Å². The van der Waals surface area contributed by atoms with E-state index in [0.29, 0.717) is 5.02 Å². The first-order valence-corrected chi connectivity index (χ1v) is 6.66. The van der Waals surface area contributed by atoms with Crippen LogP contribution in [0.1, 0.15) is 0 Å². The molecule has 0 aliphatic heterocycles. The Hall–Kier alpha value is -2.33. The summed E-state index contributed by atoms with van der Waals surface area (Å²) in [7, 11) is 1.93. The topological polar surface area (TPSA) is 46.5 Å². The number of aromatic nitrogens is 4. The van der Waals surface area contributed by atoms with E-state index in [1.54, 1.807) is 6.20 Å². The van der Waals surface area contributed by atoms with Gasteiger partial charge in [-0.25, -0.2) is 0 Å². The van der Waals surface area contributed by atoms with E-state index in [-0.39, 0.29) is 0 Å². The van der Waals surface area contributed by atoms with Crippen molar-refractivity contribution in [2.45, 2.75) is 0 Å². The van der Waals surface area contributed by atoms with Gasteiger partial charge in [0.15, 0.2) is 0 Å². The van der Waals surface area contributed by atoms with Crippen molar-refractivity contribution in [3.63, 3.8) is 0 Å². The highest BCUT2D eigenvalue weighted by Crippen LogP contribution is 2.31. The largest absolute Gasteiger partial charge is 0.352 e. The number of H-pyrrole nitrogens is 1. The van der Waals surface area contributed by atoms with Crippen LogP contribution in [0.5, 0.6) is 0 Å². The van der Waals surface area contributed by atoms with Crippen molar-refractivity contribution in [2.75, 3.05) is 0 Å². The molecule has 0 saturated heterocycles. The molecule has 0 spiro atoms. The Labute approximate surface area is 120 Å². The van der Waals surface area contributed by atoms with Crippen molar-refractivity contribution >= 4 is 33.5 Å². The van der Waals surface area contributed by atoms with Gasteiger partial charge < -0.3 is 4.98 Å². The van der Waals surface area contributed by atoms with Gasteiger partial charge in [-0.3, -0.25) is 9.67 Å². The lowest BCUT2D eigenvalue weighted by Gasteiger charge is -1.99. The number of nitrogens with zero attached hydrogens (tertiary/aromatic N) is 3. The molecular weight excluding hydrogens is 272 g/mol. The molecule has 0 aliphatic carbocycles. The minimum absolute atomic E-state index is 0.709. The molecule has 0 bridgehead atoms. The lowest BCUT2D eigenvalue weighted by molar-refractivity contribution is 0.786. The van der Waals surface area contributed by atoms with Crippen LogP contribution in [0.3, 0.4) is 0 Å². The standard InChI is InChI=1S/C15H11ClN4/c1-20-15(10-7-9(16)4-5-11(10)19-20)14-8-13-12(18-14)3-2-6-17-13/h2-8,18H,1H3. The van der Waals surface area contributed by atoms with E-state index in [1.165, 1.54) is 0 Å². The van der Waals surface area contributed by atoms with E-state index >= 15 is 0 Å². The molecule has 0 atom stereocenters. The molecule has 0 aliphatic rings. The van der Waals surface area contributed by atoms with E-state index in [1.807, 2.05) is 48.1 Å². The van der Waals surface area contributed by atoms with Crippen molar-refractivity contribution in [1.29, 1.82) is 0 Å². The third-order valence-corrected chi connectivity index (χ3v) is 3.67. The maximum Gasteiger partial charge on any atom is 0.0931 e. The van der Waals surface area contributed by atoms with Crippen molar-refractivity contribution in [3.05, 3.63) is 47.6 Å². The van der Waals surface area contributed by atoms with Gasteiger partial charge in [-0.2, -0.15) is 5.10 Å². The van der Waals surface area contributed by atoms with Crippen molar-refractivity contribution in [3.8, 4) is 11.4 Å². The maximum absolute atomic E-state index is 6.11. The van der Waals surface area contributed by atoms with Crippen LogP contribution in [0, 0.1) is 0 Å². The van der Waals surface area contributed by atoms with Gasteiger partial charge in [-0.05, 0) is 36.4 Å². The van der Waals surface area contributed by atoms with Crippen LogP contribution in [0.2, 0.25) is 5.02 Å². The first-order chi connectivity index (χ1) is 9.72. The Kier molecular flexibility index (Phi) is 2.35. The summed E-state index contributed by atoms with van der Waals surface area (Å²) >= 11 is 6.11. The Morgan fingerprint density at radius 3 is 2.90 bits per heavy atom. The second-order valence-electron chi connectivity index (χ2n) is 4.75. The summed E-state index contributed by atoms with van der Waals surface area (Å²) in [5.41, 5.74) is 4.89. The first-order valence-electron chi connectivity index (χ1n) is 6.29. The fourth-order valence-corrected chi connectivity index (χ4v) is 2.75. The lowest BCUT2D eigenvalue weighted by atomic mass is 10.1. The fraction of sp³-hybridized carbons (Fsp3) is 0.0667. The quantitative estimate of drug-likeness (QED) is 0.578. The average Bonchev–Trinajstić information content (AvgIpc) is 2.97. The summed E-state index contributed by atoms with van der Waals surface area (Å²) in [6.07, 6.45) is 1.79. The summed E-state index contributed by atoms with van der Waals surface area (Å²) in [5.74, 6) is 0. The van der Waals surface area contributed by atoms with Crippen molar-refractivity contribution in [2.24, 2.45) is 7.05 Å². The predicted molar refractivity (Wildman–Crippen MR) is 80.8 cm³/mol. The number of aryl methyl sites for hydroxylation is 1. The molecule has 3 aromatic heterocycles. The normalized spacial score (nSPS) is 11.5. The summed E-state index contributed by atoms with van der Waals surface area (Å²) in [5, 5.41) is 6.26. The highest BCUT2D eigenvalue weighted by molar-refractivity contribution is 6.31. The zero-order chi connectivity index (χ0) is 13.7.